The van der Waals surface area contributed by atoms with Gasteiger partial charge in [-0.1, -0.05) is 18.6 Å². The van der Waals surface area contributed by atoms with Crippen molar-refractivity contribution in [3.63, 3.8) is 0 Å². The van der Waals surface area contributed by atoms with Gasteiger partial charge in [-0.15, -0.1) is 0 Å². The van der Waals surface area contributed by atoms with Crippen molar-refractivity contribution >= 4 is 9.84 Å². The maximum absolute atomic E-state index is 13.8. The highest BCUT2D eigenvalue weighted by molar-refractivity contribution is 7.92. The van der Waals surface area contributed by atoms with E-state index in [1.807, 2.05) is 0 Å². The SMILES string of the molecule is CNC(c1cccc(F)c1F)C1CCCCS1(=O)=O. The molecular weight excluding hydrogens is 272 g/mol. The maximum atomic E-state index is 13.8. The van der Waals surface area contributed by atoms with Gasteiger partial charge in [0.15, 0.2) is 21.5 Å². The molecule has 1 aromatic rings. The summed E-state index contributed by atoms with van der Waals surface area (Å²) in [5.41, 5.74) is 0.0815. The molecule has 1 N–H and O–H groups in total. The van der Waals surface area contributed by atoms with Crippen molar-refractivity contribution in [2.45, 2.75) is 30.6 Å². The molecule has 0 saturated carbocycles. The van der Waals surface area contributed by atoms with Crippen LogP contribution in [0.3, 0.4) is 0 Å². The number of rotatable bonds is 3. The lowest BCUT2D eigenvalue weighted by atomic mass is 9.99. The summed E-state index contributed by atoms with van der Waals surface area (Å²) in [7, 11) is -1.70. The average Bonchev–Trinajstić information content (AvgIpc) is 2.37. The van der Waals surface area contributed by atoms with Gasteiger partial charge in [0.25, 0.3) is 0 Å². The lowest BCUT2D eigenvalue weighted by molar-refractivity contribution is 0.437. The summed E-state index contributed by atoms with van der Waals surface area (Å²) in [5, 5.41) is 2.13. The summed E-state index contributed by atoms with van der Waals surface area (Å²) in [6, 6.07) is 3.15. The highest BCUT2D eigenvalue weighted by Gasteiger charge is 2.37. The summed E-state index contributed by atoms with van der Waals surface area (Å²) in [6.07, 6.45) is 1.91. The Bertz CT molecular complexity index is 560. The van der Waals surface area contributed by atoms with Crippen LogP contribution in [0.4, 0.5) is 8.78 Å². The van der Waals surface area contributed by atoms with E-state index < -0.39 is 32.8 Å². The molecule has 2 unspecified atom stereocenters. The normalized spacial score (nSPS) is 24.1. The molecule has 1 heterocycles. The molecule has 2 atom stereocenters. The second-order valence-corrected chi connectivity index (χ2v) is 7.15. The van der Waals surface area contributed by atoms with Crippen LogP contribution in [0.15, 0.2) is 18.2 Å². The fraction of sp³-hybridized carbons (Fsp3) is 0.538. The molecule has 0 radical (unpaired) electrons. The second-order valence-electron chi connectivity index (χ2n) is 4.81. The minimum atomic E-state index is -3.26. The van der Waals surface area contributed by atoms with Crippen LogP contribution >= 0.6 is 0 Å². The minimum Gasteiger partial charge on any atom is -0.312 e. The zero-order valence-electron chi connectivity index (χ0n) is 10.7. The van der Waals surface area contributed by atoms with Gasteiger partial charge in [-0.25, -0.2) is 17.2 Å². The van der Waals surface area contributed by atoms with E-state index in [1.165, 1.54) is 12.1 Å². The van der Waals surface area contributed by atoms with Crippen molar-refractivity contribution in [3.8, 4) is 0 Å². The van der Waals surface area contributed by atoms with Gasteiger partial charge < -0.3 is 5.32 Å². The monoisotopic (exact) mass is 289 g/mol. The minimum absolute atomic E-state index is 0.0815. The van der Waals surface area contributed by atoms with Crippen molar-refractivity contribution < 1.29 is 17.2 Å². The van der Waals surface area contributed by atoms with Gasteiger partial charge in [-0.05, 0) is 26.0 Å². The molecule has 6 heteroatoms. The lowest BCUT2D eigenvalue weighted by Crippen LogP contribution is -2.39. The van der Waals surface area contributed by atoms with Gasteiger partial charge in [-0.2, -0.15) is 0 Å². The van der Waals surface area contributed by atoms with Gasteiger partial charge >= 0.3 is 0 Å². The third-order valence-corrected chi connectivity index (χ3v) is 5.92. The number of hydrogen-bond donors (Lipinski definition) is 1. The fourth-order valence-electron chi connectivity index (χ4n) is 2.66. The van der Waals surface area contributed by atoms with E-state index in [0.717, 1.165) is 12.5 Å². The van der Waals surface area contributed by atoms with Gasteiger partial charge in [0.05, 0.1) is 17.0 Å². The topological polar surface area (TPSA) is 46.2 Å². The molecule has 1 fully saturated rings. The molecule has 106 valence electrons. The molecule has 0 aliphatic carbocycles. The highest BCUT2D eigenvalue weighted by Crippen LogP contribution is 2.32. The fourth-order valence-corrected chi connectivity index (χ4v) is 4.79. The Labute approximate surface area is 111 Å². The molecule has 1 aromatic carbocycles. The van der Waals surface area contributed by atoms with Crippen LogP contribution in [0.1, 0.15) is 30.9 Å². The molecule has 0 bridgehead atoms. The van der Waals surface area contributed by atoms with E-state index in [4.69, 9.17) is 0 Å². The van der Waals surface area contributed by atoms with Gasteiger partial charge in [0, 0.05) is 5.56 Å². The van der Waals surface area contributed by atoms with Gasteiger partial charge in [0.1, 0.15) is 0 Å². The number of halogens is 2. The smallest absolute Gasteiger partial charge is 0.163 e. The summed E-state index contributed by atoms with van der Waals surface area (Å²) < 4.78 is 51.3. The lowest BCUT2D eigenvalue weighted by Gasteiger charge is -2.30. The van der Waals surface area contributed by atoms with E-state index in [0.29, 0.717) is 12.8 Å². The van der Waals surface area contributed by atoms with Crippen molar-refractivity contribution in [2.75, 3.05) is 12.8 Å². The molecule has 0 amide bonds. The van der Waals surface area contributed by atoms with E-state index in [-0.39, 0.29) is 11.3 Å². The van der Waals surface area contributed by atoms with Gasteiger partial charge in [0.2, 0.25) is 0 Å². The molecular formula is C13H17F2NO2S. The predicted molar refractivity (Wildman–Crippen MR) is 69.6 cm³/mol. The molecule has 1 aliphatic rings. The predicted octanol–water partition coefficient (Wildman–Crippen LogP) is 2.19. The molecule has 2 rings (SSSR count). The summed E-state index contributed by atoms with van der Waals surface area (Å²) in [5.74, 6) is -1.80. The second kappa shape index (κ2) is 5.54. The van der Waals surface area contributed by atoms with Crippen LogP contribution in [0.2, 0.25) is 0 Å². The Hall–Kier alpha value is -1.01. The number of nitrogens with one attached hydrogen (secondary N) is 1. The summed E-state index contributed by atoms with van der Waals surface area (Å²) in [6.45, 7) is 0. The first-order chi connectivity index (χ1) is 8.97. The van der Waals surface area contributed by atoms with Crippen LogP contribution < -0.4 is 5.32 Å². The van der Waals surface area contributed by atoms with E-state index in [2.05, 4.69) is 5.32 Å². The summed E-state index contributed by atoms with van der Waals surface area (Å²) >= 11 is 0. The zero-order chi connectivity index (χ0) is 14.0. The standard InChI is InChI=1S/C13H17F2NO2S/c1-16-13(9-5-4-6-10(14)12(9)15)11-7-2-3-8-19(11,17)18/h4-6,11,13,16H,2-3,7-8H2,1H3. The first-order valence-electron chi connectivity index (χ1n) is 6.30. The first kappa shape index (κ1) is 14.4. The van der Waals surface area contributed by atoms with Crippen molar-refractivity contribution in [1.82, 2.24) is 5.32 Å². The first-order valence-corrected chi connectivity index (χ1v) is 8.01. The Morgan fingerprint density at radius 3 is 2.68 bits per heavy atom. The molecule has 1 aliphatic heterocycles. The molecule has 0 spiro atoms. The zero-order valence-corrected chi connectivity index (χ0v) is 11.5. The molecule has 3 nitrogen and oxygen atoms in total. The summed E-state index contributed by atoms with van der Waals surface area (Å²) in [4.78, 5) is 0. The Morgan fingerprint density at radius 1 is 1.32 bits per heavy atom. The van der Waals surface area contributed by atoms with E-state index in [1.54, 1.807) is 7.05 Å². The highest BCUT2D eigenvalue weighted by atomic mass is 32.2. The largest absolute Gasteiger partial charge is 0.312 e. The third kappa shape index (κ3) is 2.79. The van der Waals surface area contributed by atoms with E-state index in [9.17, 15) is 17.2 Å². The Morgan fingerprint density at radius 2 is 2.05 bits per heavy atom. The van der Waals surface area contributed by atoms with Crippen LogP contribution in [0.5, 0.6) is 0 Å². The van der Waals surface area contributed by atoms with Crippen LogP contribution in [-0.2, 0) is 9.84 Å². The van der Waals surface area contributed by atoms with Crippen LogP contribution in [0, 0.1) is 11.6 Å². The van der Waals surface area contributed by atoms with Gasteiger partial charge in [-0.3, -0.25) is 0 Å². The maximum Gasteiger partial charge on any atom is 0.163 e. The van der Waals surface area contributed by atoms with Crippen LogP contribution in [0.25, 0.3) is 0 Å². The van der Waals surface area contributed by atoms with Crippen molar-refractivity contribution in [2.24, 2.45) is 0 Å². The number of benzene rings is 1. The molecule has 19 heavy (non-hydrogen) atoms. The number of hydrogen-bond acceptors (Lipinski definition) is 3. The van der Waals surface area contributed by atoms with Crippen LogP contribution in [-0.4, -0.2) is 26.5 Å². The molecule has 1 saturated heterocycles. The number of sulfone groups is 1. The quantitative estimate of drug-likeness (QED) is 0.928. The van der Waals surface area contributed by atoms with Crippen molar-refractivity contribution in [1.29, 1.82) is 0 Å². The van der Waals surface area contributed by atoms with Crippen molar-refractivity contribution in [3.05, 3.63) is 35.4 Å². The van der Waals surface area contributed by atoms with E-state index >= 15 is 0 Å². The Balaban J connectivity index is 2.42. The third-order valence-electron chi connectivity index (χ3n) is 3.63. The Kier molecular flexibility index (Phi) is 4.20. The molecule has 0 aromatic heterocycles. The average molecular weight is 289 g/mol.